The van der Waals surface area contributed by atoms with Crippen LogP contribution >= 0.6 is 10.7 Å². The molecule has 1 rings (SSSR count). The maximum absolute atomic E-state index is 12.9. The van der Waals surface area contributed by atoms with Crippen LogP contribution in [0, 0.1) is 11.7 Å². The first-order chi connectivity index (χ1) is 7.30. The highest BCUT2D eigenvalue weighted by atomic mass is 35.7. The number of rotatable bonds is 4. The molecular formula is C10H12ClFO3S. The quantitative estimate of drug-likeness (QED) is 0.787. The van der Waals surface area contributed by atoms with Gasteiger partial charge in [0.05, 0.1) is 6.61 Å². The van der Waals surface area contributed by atoms with E-state index in [9.17, 15) is 12.8 Å². The van der Waals surface area contributed by atoms with Gasteiger partial charge in [-0.2, -0.15) is 0 Å². The molecule has 0 saturated heterocycles. The van der Waals surface area contributed by atoms with E-state index in [1.165, 1.54) is 6.07 Å². The molecule has 1 aromatic rings. The number of hydrogen-bond donors (Lipinski definition) is 0. The summed E-state index contributed by atoms with van der Waals surface area (Å²) < 4.78 is 40.5. The van der Waals surface area contributed by atoms with E-state index in [1.807, 2.05) is 13.8 Å². The topological polar surface area (TPSA) is 43.4 Å². The molecule has 6 heteroatoms. The number of benzene rings is 1. The largest absolute Gasteiger partial charge is 0.492 e. The fourth-order valence-electron chi connectivity index (χ4n) is 1.05. The second-order valence-corrected chi connectivity index (χ2v) is 6.27. The Morgan fingerprint density at radius 2 is 2.06 bits per heavy atom. The third-order valence-corrected chi connectivity index (χ3v) is 3.08. The van der Waals surface area contributed by atoms with Crippen LogP contribution in [-0.2, 0) is 9.05 Å². The Kier molecular flexibility index (Phi) is 4.15. The number of halogens is 2. The number of hydrogen-bond acceptors (Lipinski definition) is 3. The van der Waals surface area contributed by atoms with Crippen molar-refractivity contribution in [2.75, 3.05) is 6.61 Å². The van der Waals surface area contributed by atoms with Gasteiger partial charge in [0.15, 0.2) is 0 Å². The highest BCUT2D eigenvalue weighted by molar-refractivity contribution is 8.13. The molecular weight excluding hydrogens is 255 g/mol. The lowest BCUT2D eigenvalue weighted by atomic mass is 10.2. The molecule has 0 atom stereocenters. The first-order valence-electron chi connectivity index (χ1n) is 4.67. The van der Waals surface area contributed by atoms with Crippen molar-refractivity contribution < 1.29 is 17.5 Å². The van der Waals surface area contributed by atoms with Crippen LogP contribution < -0.4 is 4.74 Å². The summed E-state index contributed by atoms with van der Waals surface area (Å²) in [6.45, 7) is 4.17. The number of ether oxygens (including phenoxy) is 1. The zero-order valence-corrected chi connectivity index (χ0v) is 10.5. The van der Waals surface area contributed by atoms with Crippen LogP contribution in [0.25, 0.3) is 0 Å². The van der Waals surface area contributed by atoms with Gasteiger partial charge in [-0.05, 0) is 24.1 Å². The Morgan fingerprint density at radius 3 is 2.56 bits per heavy atom. The maximum atomic E-state index is 12.9. The van der Waals surface area contributed by atoms with Crippen molar-refractivity contribution in [1.82, 2.24) is 0 Å². The van der Waals surface area contributed by atoms with Crippen LogP contribution in [0.3, 0.4) is 0 Å². The van der Waals surface area contributed by atoms with Gasteiger partial charge < -0.3 is 4.74 Å². The van der Waals surface area contributed by atoms with Crippen molar-refractivity contribution >= 4 is 19.7 Å². The predicted molar refractivity (Wildman–Crippen MR) is 59.8 cm³/mol. The first-order valence-corrected chi connectivity index (χ1v) is 6.98. The molecule has 0 fully saturated rings. The Labute approximate surface area is 98.6 Å². The lowest BCUT2D eigenvalue weighted by Gasteiger charge is -2.11. The molecule has 0 heterocycles. The first kappa shape index (κ1) is 13.3. The summed E-state index contributed by atoms with van der Waals surface area (Å²) in [7, 11) is 1.18. The summed E-state index contributed by atoms with van der Waals surface area (Å²) in [5.74, 6) is -0.364. The third kappa shape index (κ3) is 3.64. The van der Waals surface area contributed by atoms with Crippen molar-refractivity contribution in [1.29, 1.82) is 0 Å². The van der Waals surface area contributed by atoms with Gasteiger partial charge in [0.2, 0.25) is 0 Å². The van der Waals surface area contributed by atoms with Gasteiger partial charge >= 0.3 is 0 Å². The van der Waals surface area contributed by atoms with Gasteiger partial charge in [0, 0.05) is 10.7 Å². The maximum Gasteiger partial charge on any atom is 0.265 e. The molecule has 0 unspecified atom stereocenters. The second-order valence-electron chi connectivity index (χ2n) is 3.73. The van der Waals surface area contributed by atoms with Crippen LogP contribution in [0.15, 0.2) is 23.1 Å². The fraction of sp³-hybridized carbons (Fsp3) is 0.400. The molecule has 16 heavy (non-hydrogen) atoms. The highest BCUT2D eigenvalue weighted by Crippen LogP contribution is 2.27. The summed E-state index contributed by atoms with van der Waals surface area (Å²) in [4.78, 5) is -0.338. The Balaban J connectivity index is 3.09. The average molecular weight is 267 g/mol. The monoisotopic (exact) mass is 266 g/mol. The van der Waals surface area contributed by atoms with Gasteiger partial charge in [0.25, 0.3) is 9.05 Å². The molecule has 3 nitrogen and oxygen atoms in total. The fourth-order valence-corrected chi connectivity index (χ4v) is 2.03. The van der Waals surface area contributed by atoms with Crippen molar-refractivity contribution in [2.45, 2.75) is 18.7 Å². The van der Waals surface area contributed by atoms with E-state index in [4.69, 9.17) is 15.4 Å². The van der Waals surface area contributed by atoms with Crippen LogP contribution in [-0.4, -0.2) is 15.0 Å². The lowest BCUT2D eigenvalue weighted by molar-refractivity contribution is 0.264. The average Bonchev–Trinajstić information content (AvgIpc) is 2.14. The van der Waals surface area contributed by atoms with E-state index >= 15 is 0 Å². The van der Waals surface area contributed by atoms with E-state index < -0.39 is 14.9 Å². The minimum absolute atomic E-state index is 0.0742. The lowest BCUT2D eigenvalue weighted by Crippen LogP contribution is -2.07. The van der Waals surface area contributed by atoms with Gasteiger partial charge in [-0.25, -0.2) is 12.8 Å². The molecule has 0 spiro atoms. The molecule has 0 N–H and O–H groups in total. The standard InChI is InChI=1S/C10H12ClFO3S/c1-7(2)6-15-9-4-3-8(12)5-10(9)16(11,13)14/h3-5,7H,6H2,1-2H3. The summed E-state index contributed by atoms with van der Waals surface area (Å²) in [6.07, 6.45) is 0. The van der Waals surface area contributed by atoms with Crippen molar-refractivity contribution in [3.63, 3.8) is 0 Å². The molecule has 0 aliphatic carbocycles. The zero-order valence-electron chi connectivity index (χ0n) is 8.91. The molecule has 0 bridgehead atoms. The van der Waals surface area contributed by atoms with Gasteiger partial charge in [-0.1, -0.05) is 13.8 Å². The molecule has 0 saturated carbocycles. The van der Waals surface area contributed by atoms with Crippen LogP contribution in [0.2, 0.25) is 0 Å². The van der Waals surface area contributed by atoms with Crippen molar-refractivity contribution in [3.8, 4) is 5.75 Å². The summed E-state index contributed by atoms with van der Waals surface area (Å²) >= 11 is 0. The Morgan fingerprint density at radius 1 is 1.44 bits per heavy atom. The summed E-state index contributed by atoms with van der Waals surface area (Å²) in [5, 5.41) is 0. The minimum Gasteiger partial charge on any atom is -0.492 e. The van der Waals surface area contributed by atoms with E-state index in [0.29, 0.717) is 6.61 Å². The zero-order chi connectivity index (χ0) is 12.3. The van der Waals surface area contributed by atoms with Crippen LogP contribution in [0.5, 0.6) is 5.75 Å². The van der Waals surface area contributed by atoms with E-state index in [-0.39, 0.29) is 16.6 Å². The third-order valence-electron chi connectivity index (χ3n) is 1.74. The van der Waals surface area contributed by atoms with Gasteiger partial charge in [-0.15, -0.1) is 0 Å². The van der Waals surface area contributed by atoms with Crippen molar-refractivity contribution in [2.24, 2.45) is 5.92 Å². The Hall–Kier alpha value is -0.810. The smallest absolute Gasteiger partial charge is 0.265 e. The van der Waals surface area contributed by atoms with Crippen molar-refractivity contribution in [3.05, 3.63) is 24.0 Å². The van der Waals surface area contributed by atoms with E-state index in [1.54, 1.807) is 0 Å². The molecule has 0 amide bonds. The Bertz CT molecular complexity index is 471. The molecule has 90 valence electrons. The van der Waals surface area contributed by atoms with E-state index in [0.717, 1.165) is 12.1 Å². The molecule has 0 aliphatic rings. The minimum atomic E-state index is -4.00. The SMILES string of the molecule is CC(C)COc1ccc(F)cc1S(=O)(=O)Cl. The normalized spacial score (nSPS) is 11.8. The summed E-state index contributed by atoms with van der Waals surface area (Å²) in [5.41, 5.74) is 0. The predicted octanol–water partition coefficient (Wildman–Crippen LogP) is 2.79. The summed E-state index contributed by atoms with van der Waals surface area (Å²) in [6, 6.07) is 3.23. The highest BCUT2D eigenvalue weighted by Gasteiger charge is 2.18. The molecule has 1 aromatic carbocycles. The molecule has 0 radical (unpaired) electrons. The molecule has 0 aliphatic heterocycles. The van der Waals surface area contributed by atoms with Gasteiger partial charge in [-0.3, -0.25) is 0 Å². The second kappa shape index (κ2) is 5.01. The molecule has 0 aromatic heterocycles. The van der Waals surface area contributed by atoms with Crippen LogP contribution in [0.1, 0.15) is 13.8 Å². The van der Waals surface area contributed by atoms with Gasteiger partial charge in [0.1, 0.15) is 16.5 Å². The van der Waals surface area contributed by atoms with Crippen LogP contribution in [0.4, 0.5) is 4.39 Å². The van der Waals surface area contributed by atoms with E-state index in [2.05, 4.69) is 0 Å².